The lowest BCUT2D eigenvalue weighted by Crippen LogP contribution is -2.80. The van der Waals surface area contributed by atoms with Crippen molar-refractivity contribution >= 4 is 35.4 Å². The third-order valence-electron chi connectivity index (χ3n) is 10.8. The molecular formula is C34H10F43N3O5. The molecule has 1 aromatic rings. The number of amides is 1. The molecule has 0 spiro atoms. The minimum absolute atomic E-state index is 0.00839. The van der Waals surface area contributed by atoms with Crippen LogP contribution in [-0.2, 0) is 25.0 Å². The number of carbonyl (C=O) groups excluding carboxylic acids is 4. The highest BCUT2D eigenvalue weighted by Crippen LogP contribution is 2.72. The van der Waals surface area contributed by atoms with E-state index in [0.717, 1.165) is 5.32 Å². The Kier molecular flexibility index (Phi) is 18.8. The molecule has 492 valence electrons. The van der Waals surface area contributed by atoms with E-state index in [1.165, 1.54) is 0 Å². The molecule has 8 nitrogen and oxygen atoms in total. The quantitative estimate of drug-likeness (QED) is 0.0344. The van der Waals surface area contributed by atoms with E-state index < -0.39 is 177 Å². The van der Waals surface area contributed by atoms with E-state index in [9.17, 15) is 182 Å². The molecule has 0 bridgehead atoms. The fourth-order valence-corrected chi connectivity index (χ4v) is 5.83. The first-order valence-corrected chi connectivity index (χ1v) is 19.0. The average Bonchev–Trinajstić information content (AvgIpc) is 1.26. The summed E-state index contributed by atoms with van der Waals surface area (Å²) >= 11 is 0. The highest BCUT2D eigenvalue weighted by Gasteiger charge is 3.04. The van der Waals surface area contributed by atoms with Crippen molar-refractivity contribution in [2.24, 2.45) is 9.98 Å². The highest BCUT2D eigenvalue weighted by atomic mass is 19.4. The van der Waals surface area contributed by atoms with E-state index in [4.69, 9.17) is 0 Å². The largest absolute Gasteiger partial charge is 0.460 e. The van der Waals surface area contributed by atoms with Gasteiger partial charge in [0.1, 0.15) is 0 Å². The number of nitrogens with one attached hydrogen (secondary N) is 1. The predicted molar refractivity (Wildman–Crippen MR) is 175 cm³/mol. The van der Waals surface area contributed by atoms with Gasteiger partial charge in [0.15, 0.2) is 6.73 Å². The van der Waals surface area contributed by atoms with Gasteiger partial charge >= 0.3 is 131 Å². The van der Waals surface area contributed by atoms with Crippen LogP contribution in [-0.4, -0.2) is 149 Å². The maximum Gasteiger partial charge on any atom is 0.460 e. The van der Waals surface area contributed by atoms with Crippen LogP contribution in [0, 0.1) is 6.92 Å². The summed E-state index contributed by atoms with van der Waals surface area (Å²) in [5, 5.41) is 1.01. The molecule has 1 amide bonds. The lowest BCUT2D eigenvalue weighted by atomic mass is 9.81. The number of alkyl halides is 43. The molecule has 0 unspecified atom stereocenters. The first-order valence-electron chi connectivity index (χ1n) is 19.0. The second-order valence-electron chi connectivity index (χ2n) is 16.0. The van der Waals surface area contributed by atoms with Crippen LogP contribution >= 0.6 is 0 Å². The number of hydrogen-bond acceptors (Lipinski definition) is 7. The molecule has 1 N–H and O–H groups in total. The second kappa shape index (κ2) is 20.8. The predicted octanol–water partition coefficient (Wildman–Crippen LogP) is 14.9. The lowest BCUT2D eigenvalue weighted by Gasteiger charge is -2.47. The van der Waals surface area contributed by atoms with E-state index in [0.29, 0.717) is 13.0 Å². The van der Waals surface area contributed by atoms with E-state index in [1.54, 1.807) is 0 Å². The average molecular weight is 1360 g/mol. The van der Waals surface area contributed by atoms with Crippen LogP contribution in [0.1, 0.15) is 28.4 Å². The van der Waals surface area contributed by atoms with Gasteiger partial charge < -0.3 is 10.1 Å². The molecule has 0 heterocycles. The SMILES string of the molecule is CC(=O)OCNC(=O)c1c(C)c(N=C=O)cc(N=C=O)c1C(F)(F)C(F)(F)C(F)(F)C(F)(F)C(F)(F)C(F)(F)C(F)(F)C(F)(F)C(F)(F)C(F)(F)C(F)(F)C(F)(F)C(F)(F)C(F)(F)C(F)(F)C(F)(F)C(F)(F)C(F)(F)C(F)(F)C(F)(F)C(F)(F)F. The minimum Gasteiger partial charge on any atom is -0.445 e. The maximum atomic E-state index is 15.7. The van der Waals surface area contributed by atoms with Crippen LogP contribution in [0.4, 0.5) is 200 Å². The van der Waals surface area contributed by atoms with E-state index >= 15 is 26.3 Å². The Morgan fingerprint density at radius 1 is 0.376 bits per heavy atom. The number of carbonyl (C=O) groups is 2. The Bertz CT molecular complexity index is 2820. The van der Waals surface area contributed by atoms with Crippen molar-refractivity contribution in [3.63, 3.8) is 0 Å². The van der Waals surface area contributed by atoms with E-state index in [2.05, 4.69) is 9.73 Å². The highest BCUT2D eigenvalue weighted by molar-refractivity contribution is 6.00. The van der Waals surface area contributed by atoms with Crippen molar-refractivity contribution in [1.82, 2.24) is 5.32 Å². The van der Waals surface area contributed by atoms with Crippen LogP contribution in [0.3, 0.4) is 0 Å². The molecule has 1 aromatic carbocycles. The molecular weight excluding hydrogens is 1350 g/mol. The monoisotopic (exact) mass is 1360 g/mol. The lowest BCUT2D eigenvalue weighted by molar-refractivity contribution is -0.496. The first kappa shape index (κ1) is 76.9. The smallest absolute Gasteiger partial charge is 0.445 e. The zero-order chi connectivity index (χ0) is 69.2. The number of halogens is 43. The van der Waals surface area contributed by atoms with E-state index in [-0.39, 0.29) is 13.0 Å². The van der Waals surface area contributed by atoms with E-state index in [1.807, 2.05) is 4.99 Å². The first-order chi connectivity index (χ1) is 36.6. The van der Waals surface area contributed by atoms with Crippen LogP contribution in [0.25, 0.3) is 0 Å². The number of esters is 1. The number of isocyanates is 2. The van der Waals surface area contributed by atoms with Crippen molar-refractivity contribution in [1.29, 1.82) is 0 Å². The van der Waals surface area contributed by atoms with Crippen LogP contribution in [0.15, 0.2) is 16.1 Å². The molecule has 0 atom stereocenters. The van der Waals surface area contributed by atoms with Crippen LogP contribution < -0.4 is 5.32 Å². The Morgan fingerprint density at radius 3 is 0.800 bits per heavy atom. The molecule has 0 aromatic heterocycles. The number of ether oxygens (including phenoxy) is 1. The summed E-state index contributed by atoms with van der Waals surface area (Å²) in [6.45, 7) is -1.41. The van der Waals surface area contributed by atoms with Gasteiger partial charge in [-0.25, -0.2) is 9.59 Å². The zero-order valence-electron chi connectivity index (χ0n) is 38.0. The summed E-state index contributed by atoms with van der Waals surface area (Å²) in [7, 11) is 0. The topological polar surface area (TPSA) is 114 Å². The minimum atomic E-state index is -10.8. The normalized spacial score (nSPS) is 15.7. The van der Waals surface area contributed by atoms with Gasteiger partial charge in [0.05, 0.1) is 22.5 Å². The Hall–Kier alpha value is -6.09. The Morgan fingerprint density at radius 2 is 0.588 bits per heavy atom. The Balaban J connectivity index is 4.37. The van der Waals surface area contributed by atoms with Crippen LogP contribution in [0.2, 0.25) is 0 Å². The standard InChI is InChI=1S/C34H10F43N3O5/c1-7-9(78-4-81)3-10(79-5-82)12(11(7)13(84)80-6-85-8(2)83)14(35,36)15(37,38)16(39,40)17(41,42)18(43,44)19(45,46)20(47,48)21(49,50)22(51,52)23(53,54)24(55,56)25(57,58)26(59,60)27(61,62)28(63,64)29(65,66)30(67,68)31(69,70)32(71,72)33(73,74)34(75,76)77/h3H,6H2,1-2H3,(H,80,84). The zero-order valence-corrected chi connectivity index (χ0v) is 38.0. The van der Waals surface area contributed by atoms with Gasteiger partial charge in [-0.05, 0) is 18.6 Å². The summed E-state index contributed by atoms with van der Waals surface area (Å²) in [6.07, 6.45) is -8.19. The molecule has 0 saturated carbocycles. The van der Waals surface area contributed by atoms with Crippen molar-refractivity contribution in [3.8, 4) is 0 Å². The molecule has 0 radical (unpaired) electrons. The molecule has 0 fully saturated rings. The molecule has 0 saturated heterocycles. The summed E-state index contributed by atoms with van der Waals surface area (Å²) in [4.78, 5) is 49.9. The number of hydrogen-bond donors (Lipinski definition) is 1. The number of nitrogens with zero attached hydrogens (tertiary/aromatic N) is 2. The fourth-order valence-electron chi connectivity index (χ4n) is 5.83. The van der Waals surface area contributed by atoms with Crippen molar-refractivity contribution in [2.45, 2.75) is 138 Å². The summed E-state index contributed by atoms with van der Waals surface area (Å²) in [6, 6.07) is -0.634. The van der Waals surface area contributed by atoms with Gasteiger partial charge in [0, 0.05) is 6.92 Å². The third kappa shape index (κ3) is 9.63. The molecule has 85 heavy (non-hydrogen) atoms. The van der Waals surface area contributed by atoms with Gasteiger partial charge in [0.2, 0.25) is 12.2 Å². The Labute approximate surface area is 432 Å². The van der Waals surface area contributed by atoms with Gasteiger partial charge in [-0.3, -0.25) is 9.59 Å². The van der Waals surface area contributed by atoms with Crippen molar-refractivity contribution in [2.75, 3.05) is 6.73 Å². The molecule has 0 aliphatic carbocycles. The molecule has 0 aliphatic rings. The number of benzene rings is 1. The summed E-state index contributed by atoms with van der Waals surface area (Å²) in [5.74, 6) is -209. The maximum absolute atomic E-state index is 15.7. The van der Waals surface area contributed by atoms with Gasteiger partial charge in [-0.1, -0.05) is 0 Å². The van der Waals surface area contributed by atoms with Gasteiger partial charge in [-0.2, -0.15) is 199 Å². The third-order valence-corrected chi connectivity index (χ3v) is 10.8. The summed E-state index contributed by atoms with van der Waals surface area (Å²) in [5.41, 5.74) is -12.6. The van der Waals surface area contributed by atoms with Crippen molar-refractivity contribution in [3.05, 3.63) is 22.8 Å². The number of aliphatic imine (C=N–C) groups is 2. The number of rotatable bonds is 25. The van der Waals surface area contributed by atoms with Crippen LogP contribution in [0.5, 0.6) is 0 Å². The van der Waals surface area contributed by atoms with Crippen molar-refractivity contribution < 1.29 is 213 Å². The second-order valence-corrected chi connectivity index (χ2v) is 16.0. The molecule has 51 heteroatoms. The van der Waals surface area contributed by atoms with Gasteiger partial charge in [0.25, 0.3) is 5.91 Å². The summed E-state index contributed by atoms with van der Waals surface area (Å²) < 4.78 is 615. The molecule has 0 aliphatic heterocycles. The molecule has 1 rings (SSSR count). The fraction of sp³-hybridized carbons (Fsp3) is 0.706. The van der Waals surface area contributed by atoms with Gasteiger partial charge in [-0.15, -0.1) is 0 Å².